The highest BCUT2D eigenvalue weighted by atomic mass is 16.6. The van der Waals surface area contributed by atoms with Gasteiger partial charge >= 0.3 is 12.1 Å². The van der Waals surface area contributed by atoms with Gasteiger partial charge in [-0.3, -0.25) is 4.79 Å². The number of ether oxygens (including phenoxy) is 1. The Morgan fingerprint density at radius 1 is 1.21 bits per heavy atom. The van der Waals surface area contributed by atoms with Crippen molar-refractivity contribution in [1.82, 2.24) is 5.32 Å². The van der Waals surface area contributed by atoms with Crippen LogP contribution < -0.4 is 5.32 Å². The molecule has 0 aromatic heterocycles. The molecular formula is C18H29NO5. The highest BCUT2D eigenvalue weighted by molar-refractivity contribution is 5.72. The van der Waals surface area contributed by atoms with Crippen LogP contribution in [0, 0.1) is 17.3 Å². The number of hydrogen-bond acceptors (Lipinski definition) is 4. The zero-order chi connectivity index (χ0) is 17.8. The largest absolute Gasteiger partial charge is 0.481 e. The van der Waals surface area contributed by atoms with Crippen LogP contribution in [-0.2, 0) is 9.53 Å². The molecule has 0 spiro atoms. The first-order chi connectivity index (χ1) is 11.0. The summed E-state index contributed by atoms with van der Waals surface area (Å²) in [4.78, 5) is 23.6. The van der Waals surface area contributed by atoms with E-state index in [1.165, 1.54) is 0 Å². The van der Waals surface area contributed by atoms with E-state index < -0.39 is 29.3 Å². The molecule has 3 atom stereocenters. The number of rotatable bonds is 4. The quantitative estimate of drug-likeness (QED) is 0.732. The molecule has 136 valence electrons. The van der Waals surface area contributed by atoms with Gasteiger partial charge in [0.05, 0.1) is 12.0 Å². The van der Waals surface area contributed by atoms with Crippen molar-refractivity contribution in [3.05, 3.63) is 0 Å². The summed E-state index contributed by atoms with van der Waals surface area (Å²) in [6.07, 6.45) is 4.41. The van der Waals surface area contributed by atoms with Gasteiger partial charge in [-0.2, -0.15) is 0 Å². The molecule has 24 heavy (non-hydrogen) atoms. The summed E-state index contributed by atoms with van der Waals surface area (Å²) in [5, 5.41) is 23.0. The van der Waals surface area contributed by atoms with Gasteiger partial charge in [0.15, 0.2) is 0 Å². The molecule has 2 unspecified atom stereocenters. The number of amides is 1. The molecule has 0 aliphatic heterocycles. The maximum atomic E-state index is 12.2. The van der Waals surface area contributed by atoms with Crippen LogP contribution in [0.1, 0.15) is 65.7 Å². The van der Waals surface area contributed by atoms with E-state index in [-0.39, 0.29) is 11.8 Å². The van der Waals surface area contributed by atoms with E-state index >= 15 is 0 Å². The van der Waals surface area contributed by atoms with Gasteiger partial charge in [-0.25, -0.2) is 4.79 Å². The molecular weight excluding hydrogens is 310 g/mol. The van der Waals surface area contributed by atoms with Gasteiger partial charge in [0.25, 0.3) is 0 Å². The Bertz CT molecular complexity index is 524. The first-order valence-corrected chi connectivity index (χ1v) is 8.92. The van der Waals surface area contributed by atoms with Crippen LogP contribution >= 0.6 is 0 Å². The SMILES string of the molecule is CC(C)(C)OC(=O)N[C@H](CC(=O)O)C12CC3CC(CC(O)(C3)C1)C2. The third-order valence-electron chi connectivity index (χ3n) is 5.88. The maximum Gasteiger partial charge on any atom is 0.407 e. The Labute approximate surface area is 143 Å². The van der Waals surface area contributed by atoms with Crippen LogP contribution in [0.5, 0.6) is 0 Å². The van der Waals surface area contributed by atoms with E-state index in [0.717, 1.165) is 32.1 Å². The molecule has 0 aromatic carbocycles. The number of nitrogens with one attached hydrogen (secondary N) is 1. The van der Waals surface area contributed by atoms with Crippen LogP contribution in [-0.4, -0.2) is 39.5 Å². The molecule has 0 saturated heterocycles. The first-order valence-electron chi connectivity index (χ1n) is 8.92. The van der Waals surface area contributed by atoms with Crippen molar-refractivity contribution < 1.29 is 24.5 Å². The average molecular weight is 339 g/mol. The lowest BCUT2D eigenvalue weighted by molar-refractivity contribution is -0.176. The van der Waals surface area contributed by atoms with E-state index in [9.17, 15) is 19.8 Å². The number of carbonyl (C=O) groups excluding carboxylic acids is 1. The van der Waals surface area contributed by atoms with Crippen LogP contribution in [0.15, 0.2) is 0 Å². The normalized spacial score (nSPS) is 38.7. The molecule has 4 aliphatic rings. The van der Waals surface area contributed by atoms with E-state index in [2.05, 4.69) is 5.32 Å². The lowest BCUT2D eigenvalue weighted by Crippen LogP contribution is -2.62. The predicted molar refractivity (Wildman–Crippen MR) is 87.5 cm³/mol. The molecule has 6 nitrogen and oxygen atoms in total. The Morgan fingerprint density at radius 3 is 2.25 bits per heavy atom. The van der Waals surface area contributed by atoms with Gasteiger partial charge in [0.2, 0.25) is 0 Å². The van der Waals surface area contributed by atoms with E-state index in [1.807, 2.05) is 0 Å². The summed E-state index contributed by atoms with van der Waals surface area (Å²) in [5.74, 6) is -0.0558. The van der Waals surface area contributed by atoms with E-state index in [1.54, 1.807) is 20.8 Å². The standard InChI is InChI=1S/C18H29NO5/c1-16(2,3)24-15(22)19-13(5-14(20)21)17-6-11-4-12(7-17)9-18(23,8-11)10-17/h11-13,23H,4-10H2,1-3H3,(H,19,22)(H,20,21)/t11?,12?,13-,17?,18?/m1/s1. The van der Waals surface area contributed by atoms with Crippen LogP contribution in [0.25, 0.3) is 0 Å². The summed E-state index contributed by atoms with van der Waals surface area (Å²) in [6.45, 7) is 5.35. The van der Waals surface area contributed by atoms with Crippen molar-refractivity contribution in [2.24, 2.45) is 17.3 Å². The third kappa shape index (κ3) is 3.53. The number of aliphatic carboxylic acids is 1. The Kier molecular flexibility index (Phi) is 4.10. The van der Waals surface area contributed by atoms with Crippen molar-refractivity contribution in [3.8, 4) is 0 Å². The van der Waals surface area contributed by atoms with Crippen molar-refractivity contribution in [2.45, 2.75) is 83.0 Å². The zero-order valence-electron chi connectivity index (χ0n) is 14.8. The Hall–Kier alpha value is -1.30. The monoisotopic (exact) mass is 339 g/mol. The van der Waals surface area contributed by atoms with Crippen molar-refractivity contribution >= 4 is 12.1 Å². The van der Waals surface area contributed by atoms with Gasteiger partial charge < -0.3 is 20.3 Å². The van der Waals surface area contributed by atoms with Crippen molar-refractivity contribution in [2.75, 3.05) is 0 Å². The van der Waals surface area contributed by atoms with Gasteiger partial charge in [-0.05, 0) is 76.5 Å². The smallest absolute Gasteiger partial charge is 0.407 e. The van der Waals surface area contributed by atoms with Gasteiger partial charge in [-0.15, -0.1) is 0 Å². The minimum atomic E-state index is -0.932. The molecule has 6 heteroatoms. The second-order valence-corrected chi connectivity index (χ2v) is 9.34. The summed E-state index contributed by atoms with van der Waals surface area (Å²) >= 11 is 0. The highest BCUT2D eigenvalue weighted by Crippen LogP contribution is 2.63. The lowest BCUT2D eigenvalue weighted by atomic mass is 9.46. The van der Waals surface area contributed by atoms with Gasteiger partial charge in [-0.1, -0.05) is 0 Å². The Morgan fingerprint density at radius 2 is 1.79 bits per heavy atom. The number of carboxylic acids is 1. The minimum absolute atomic E-state index is 0.130. The average Bonchev–Trinajstić information content (AvgIpc) is 2.31. The number of carboxylic acid groups (broad SMARTS) is 1. The lowest BCUT2D eigenvalue weighted by Gasteiger charge is -2.62. The topological polar surface area (TPSA) is 95.9 Å². The van der Waals surface area contributed by atoms with E-state index in [0.29, 0.717) is 18.3 Å². The fourth-order valence-electron chi connectivity index (χ4n) is 5.74. The molecule has 0 aromatic rings. The predicted octanol–water partition coefficient (Wildman–Crippen LogP) is 2.69. The molecule has 4 saturated carbocycles. The fourth-order valence-corrected chi connectivity index (χ4v) is 5.74. The third-order valence-corrected chi connectivity index (χ3v) is 5.88. The van der Waals surface area contributed by atoms with Gasteiger partial charge in [0, 0.05) is 6.04 Å². The second kappa shape index (κ2) is 5.61. The second-order valence-electron chi connectivity index (χ2n) is 9.34. The molecule has 0 radical (unpaired) electrons. The summed E-state index contributed by atoms with van der Waals surface area (Å²) < 4.78 is 5.33. The summed E-state index contributed by atoms with van der Waals surface area (Å²) in [7, 11) is 0. The summed E-state index contributed by atoms with van der Waals surface area (Å²) in [5.41, 5.74) is -1.64. The van der Waals surface area contributed by atoms with Crippen LogP contribution in [0.4, 0.5) is 4.79 Å². The maximum absolute atomic E-state index is 12.2. The highest BCUT2D eigenvalue weighted by Gasteiger charge is 2.60. The van der Waals surface area contributed by atoms with Crippen LogP contribution in [0.2, 0.25) is 0 Å². The molecule has 4 bridgehead atoms. The first kappa shape index (κ1) is 17.5. The van der Waals surface area contributed by atoms with Gasteiger partial charge in [0.1, 0.15) is 5.60 Å². The molecule has 4 rings (SSSR count). The Balaban J connectivity index is 1.81. The zero-order valence-corrected chi connectivity index (χ0v) is 14.8. The van der Waals surface area contributed by atoms with E-state index in [4.69, 9.17) is 4.74 Å². The molecule has 3 N–H and O–H groups in total. The van der Waals surface area contributed by atoms with Crippen molar-refractivity contribution in [1.29, 1.82) is 0 Å². The fraction of sp³-hybridized carbons (Fsp3) is 0.889. The minimum Gasteiger partial charge on any atom is -0.481 e. The summed E-state index contributed by atoms with van der Waals surface area (Å²) in [6, 6.07) is -0.498. The number of hydrogen-bond donors (Lipinski definition) is 3. The van der Waals surface area contributed by atoms with Crippen LogP contribution in [0.3, 0.4) is 0 Å². The number of aliphatic hydroxyl groups is 1. The molecule has 4 aliphatic carbocycles. The molecule has 0 heterocycles. The molecule has 4 fully saturated rings. The van der Waals surface area contributed by atoms with Crippen molar-refractivity contribution in [3.63, 3.8) is 0 Å². The number of alkyl carbamates (subject to hydrolysis) is 1. The number of carbonyl (C=O) groups is 2. The molecule has 1 amide bonds.